The van der Waals surface area contributed by atoms with Gasteiger partial charge in [0.05, 0.1) is 0 Å². The lowest BCUT2D eigenvalue weighted by Crippen LogP contribution is -2.43. The molecule has 1 aromatic heterocycles. The fourth-order valence-electron chi connectivity index (χ4n) is 2.30. The van der Waals surface area contributed by atoms with Crippen molar-refractivity contribution in [2.24, 2.45) is 0 Å². The summed E-state index contributed by atoms with van der Waals surface area (Å²) in [6.45, 7) is 5.58. The second-order valence-corrected chi connectivity index (χ2v) is 5.91. The SMILES string of the molecule is CCN1CCC(N(C)c2nc(Cl)c(C=O)s2)CC1. The van der Waals surface area contributed by atoms with Crippen LogP contribution in [0.3, 0.4) is 0 Å². The van der Waals surface area contributed by atoms with Crippen LogP contribution in [0.2, 0.25) is 5.15 Å². The highest BCUT2D eigenvalue weighted by Crippen LogP contribution is 2.30. The molecule has 1 fully saturated rings. The van der Waals surface area contributed by atoms with Gasteiger partial charge in [0.2, 0.25) is 0 Å². The van der Waals surface area contributed by atoms with Crippen LogP contribution in [-0.4, -0.2) is 48.9 Å². The van der Waals surface area contributed by atoms with Crippen molar-refractivity contribution in [1.82, 2.24) is 9.88 Å². The molecular formula is C12H18ClN3OS. The van der Waals surface area contributed by atoms with Gasteiger partial charge in [-0.1, -0.05) is 29.9 Å². The van der Waals surface area contributed by atoms with Crippen molar-refractivity contribution in [1.29, 1.82) is 0 Å². The van der Waals surface area contributed by atoms with Gasteiger partial charge in [0.25, 0.3) is 0 Å². The number of rotatable bonds is 4. The molecule has 2 heterocycles. The predicted molar refractivity (Wildman–Crippen MR) is 76.1 cm³/mol. The van der Waals surface area contributed by atoms with E-state index in [4.69, 9.17) is 11.6 Å². The van der Waals surface area contributed by atoms with Crippen LogP contribution in [0, 0.1) is 0 Å². The van der Waals surface area contributed by atoms with Crippen molar-refractivity contribution in [3.63, 3.8) is 0 Å². The summed E-state index contributed by atoms with van der Waals surface area (Å²) in [7, 11) is 2.04. The number of likely N-dealkylation sites (tertiary alicyclic amines) is 1. The van der Waals surface area contributed by atoms with Crippen LogP contribution in [0.4, 0.5) is 5.13 Å². The number of halogens is 1. The van der Waals surface area contributed by atoms with Crippen molar-refractivity contribution in [2.75, 3.05) is 31.6 Å². The lowest BCUT2D eigenvalue weighted by Gasteiger charge is -2.36. The van der Waals surface area contributed by atoms with Gasteiger partial charge in [-0.2, -0.15) is 0 Å². The molecule has 0 aromatic carbocycles. The average molecular weight is 288 g/mol. The maximum absolute atomic E-state index is 10.8. The highest BCUT2D eigenvalue weighted by Gasteiger charge is 2.24. The van der Waals surface area contributed by atoms with Crippen LogP contribution >= 0.6 is 22.9 Å². The molecule has 18 heavy (non-hydrogen) atoms. The fraction of sp³-hybridized carbons (Fsp3) is 0.667. The molecule has 1 aliphatic rings. The molecule has 0 amide bonds. The number of carbonyl (C=O) groups is 1. The minimum absolute atomic E-state index is 0.322. The second kappa shape index (κ2) is 5.99. The molecule has 100 valence electrons. The van der Waals surface area contributed by atoms with E-state index in [1.54, 1.807) is 0 Å². The van der Waals surface area contributed by atoms with Crippen molar-refractivity contribution >= 4 is 34.4 Å². The van der Waals surface area contributed by atoms with E-state index in [0.717, 1.165) is 43.9 Å². The van der Waals surface area contributed by atoms with Gasteiger partial charge in [0.15, 0.2) is 16.6 Å². The Morgan fingerprint density at radius 1 is 1.56 bits per heavy atom. The highest BCUT2D eigenvalue weighted by atomic mass is 35.5. The first-order chi connectivity index (χ1) is 8.65. The molecule has 2 rings (SSSR count). The maximum Gasteiger partial charge on any atom is 0.187 e. The Bertz CT molecular complexity index is 415. The van der Waals surface area contributed by atoms with Crippen LogP contribution in [0.1, 0.15) is 29.4 Å². The number of nitrogens with zero attached hydrogens (tertiary/aromatic N) is 3. The number of hydrogen-bond donors (Lipinski definition) is 0. The van der Waals surface area contributed by atoms with E-state index < -0.39 is 0 Å². The molecule has 0 unspecified atom stereocenters. The summed E-state index contributed by atoms with van der Waals surface area (Å²) in [5.74, 6) is 0. The highest BCUT2D eigenvalue weighted by molar-refractivity contribution is 7.17. The zero-order chi connectivity index (χ0) is 13.1. The van der Waals surface area contributed by atoms with E-state index in [0.29, 0.717) is 16.1 Å². The summed E-state index contributed by atoms with van der Waals surface area (Å²) in [6.07, 6.45) is 3.05. The van der Waals surface area contributed by atoms with E-state index >= 15 is 0 Å². The second-order valence-electron chi connectivity index (χ2n) is 4.55. The Hall–Kier alpha value is -0.650. The number of aromatic nitrogens is 1. The first kappa shape index (κ1) is 13.8. The molecule has 0 saturated carbocycles. The number of aldehydes is 1. The van der Waals surface area contributed by atoms with Gasteiger partial charge in [-0.05, 0) is 19.4 Å². The van der Waals surface area contributed by atoms with Gasteiger partial charge in [0, 0.05) is 26.2 Å². The van der Waals surface area contributed by atoms with Gasteiger partial charge >= 0.3 is 0 Å². The Morgan fingerprint density at radius 3 is 2.72 bits per heavy atom. The number of anilines is 1. The standard InChI is InChI=1S/C12H18ClN3OS/c1-3-16-6-4-9(5-7-16)15(2)12-14-11(13)10(8-17)18-12/h8-9H,3-7H2,1-2H3. The Balaban J connectivity index is 2.02. The van der Waals surface area contributed by atoms with E-state index in [1.807, 2.05) is 7.05 Å². The molecule has 4 nitrogen and oxygen atoms in total. The zero-order valence-electron chi connectivity index (χ0n) is 10.7. The summed E-state index contributed by atoms with van der Waals surface area (Å²) in [4.78, 5) is 20.2. The number of piperidine rings is 1. The van der Waals surface area contributed by atoms with Crippen LogP contribution in [0.5, 0.6) is 0 Å². The summed E-state index contributed by atoms with van der Waals surface area (Å²) in [5.41, 5.74) is 0. The molecule has 1 aliphatic heterocycles. The maximum atomic E-state index is 10.8. The molecule has 0 bridgehead atoms. The first-order valence-electron chi connectivity index (χ1n) is 6.22. The normalized spacial score (nSPS) is 17.9. The van der Waals surface area contributed by atoms with E-state index in [-0.39, 0.29) is 0 Å². The Kier molecular flexibility index (Phi) is 4.59. The molecule has 0 N–H and O–H groups in total. The van der Waals surface area contributed by atoms with E-state index in [9.17, 15) is 4.79 Å². The topological polar surface area (TPSA) is 36.4 Å². The molecule has 1 aromatic rings. The van der Waals surface area contributed by atoms with E-state index in [1.165, 1.54) is 11.3 Å². The van der Waals surface area contributed by atoms with Crippen molar-refractivity contribution in [2.45, 2.75) is 25.8 Å². The van der Waals surface area contributed by atoms with Crippen LogP contribution < -0.4 is 4.90 Å². The minimum Gasteiger partial charge on any atom is -0.348 e. The Morgan fingerprint density at radius 2 is 2.22 bits per heavy atom. The average Bonchev–Trinajstić information content (AvgIpc) is 2.79. The van der Waals surface area contributed by atoms with Gasteiger partial charge in [-0.15, -0.1) is 0 Å². The quantitative estimate of drug-likeness (QED) is 0.798. The third-order valence-corrected chi connectivity index (χ3v) is 5.03. The van der Waals surface area contributed by atoms with Crippen molar-refractivity contribution < 1.29 is 4.79 Å². The molecule has 0 spiro atoms. The fourth-order valence-corrected chi connectivity index (χ4v) is 3.40. The monoisotopic (exact) mass is 287 g/mol. The number of hydrogen-bond acceptors (Lipinski definition) is 5. The lowest BCUT2D eigenvalue weighted by atomic mass is 10.0. The Labute approximate surface area is 117 Å². The zero-order valence-corrected chi connectivity index (χ0v) is 12.3. The number of carbonyl (C=O) groups excluding carboxylic acids is 1. The third-order valence-electron chi connectivity index (χ3n) is 3.56. The molecule has 0 aliphatic carbocycles. The summed E-state index contributed by atoms with van der Waals surface area (Å²) in [5, 5.41) is 1.17. The van der Waals surface area contributed by atoms with E-state index in [2.05, 4.69) is 21.7 Å². The molecular weight excluding hydrogens is 270 g/mol. The van der Waals surface area contributed by atoms with Gasteiger partial charge in [-0.25, -0.2) is 4.98 Å². The van der Waals surface area contributed by atoms with Crippen LogP contribution in [-0.2, 0) is 0 Å². The summed E-state index contributed by atoms with van der Waals surface area (Å²) in [6, 6.07) is 0.495. The van der Waals surface area contributed by atoms with Crippen LogP contribution in [0.25, 0.3) is 0 Å². The largest absolute Gasteiger partial charge is 0.348 e. The number of thiazole rings is 1. The minimum atomic E-state index is 0.322. The van der Waals surface area contributed by atoms with Gasteiger partial charge < -0.3 is 9.80 Å². The van der Waals surface area contributed by atoms with Crippen molar-refractivity contribution in [3.8, 4) is 0 Å². The summed E-state index contributed by atoms with van der Waals surface area (Å²) >= 11 is 7.28. The lowest BCUT2D eigenvalue weighted by molar-refractivity contribution is 0.112. The first-order valence-corrected chi connectivity index (χ1v) is 7.41. The third kappa shape index (κ3) is 2.84. The van der Waals surface area contributed by atoms with Crippen molar-refractivity contribution in [3.05, 3.63) is 10.0 Å². The molecule has 1 saturated heterocycles. The molecule has 0 radical (unpaired) electrons. The molecule has 0 atom stereocenters. The predicted octanol–water partition coefficient (Wildman–Crippen LogP) is 2.53. The smallest absolute Gasteiger partial charge is 0.187 e. The van der Waals surface area contributed by atoms with Crippen LogP contribution in [0.15, 0.2) is 0 Å². The van der Waals surface area contributed by atoms with Gasteiger partial charge in [0.1, 0.15) is 4.88 Å². The van der Waals surface area contributed by atoms with Gasteiger partial charge in [-0.3, -0.25) is 4.79 Å². The molecule has 6 heteroatoms. The summed E-state index contributed by atoms with van der Waals surface area (Å²) < 4.78 is 0.